The van der Waals surface area contributed by atoms with Crippen LogP contribution in [-0.2, 0) is 32.9 Å². The zero-order valence-corrected chi connectivity index (χ0v) is 42.3. The van der Waals surface area contributed by atoms with Crippen molar-refractivity contribution < 1.29 is 24.5 Å². The average Bonchev–Trinajstić information content (AvgIpc) is 3.81. The largest absolute Gasteiger partial charge is 0.557 e. The predicted molar refractivity (Wildman–Crippen MR) is 257 cm³/mol. The zero-order chi connectivity index (χ0) is 42.7. The van der Waals surface area contributed by atoms with Crippen LogP contribution < -0.4 is 4.40 Å². The molecule has 61 heavy (non-hydrogen) atoms. The quantitative estimate of drug-likeness (QED) is 0.0958. The standard InChI is InChI=1S/C37H37N2O.C18H24GeN.Ir/c1-23(2)18-26-16-17-35-31(19-26)32(22-40-35)37-38-33-14-10-11-15-34(33)39(37)36-29(24(3)4)20-28(21-30(36)25(5)6)27-12-8-7-9-13-27;1-14(2)11-16-12-18(15-9-7-6-8-10-15)20-13-17(16)19(3,4)5;/h7-17,19-21,23-25H,18H2,1-6H3;6-9,12-14H,11H2,1-5H3;/q2*-1;. The Morgan fingerprint density at radius 1 is 0.689 bits per heavy atom. The van der Waals surface area contributed by atoms with Gasteiger partial charge < -0.3 is 8.98 Å². The maximum Gasteiger partial charge on any atom is 0.0774 e. The van der Waals surface area contributed by atoms with Crippen molar-refractivity contribution in [2.24, 2.45) is 11.8 Å². The molecule has 8 rings (SSSR count). The van der Waals surface area contributed by atoms with Crippen molar-refractivity contribution >= 4 is 39.7 Å². The van der Waals surface area contributed by atoms with Gasteiger partial charge in [-0.25, -0.2) is 0 Å². The molecule has 4 nitrogen and oxygen atoms in total. The van der Waals surface area contributed by atoms with Crippen LogP contribution in [0.2, 0.25) is 17.3 Å². The molecule has 0 saturated heterocycles. The number of para-hydroxylation sites is 2. The van der Waals surface area contributed by atoms with Gasteiger partial charge in [0.1, 0.15) is 0 Å². The van der Waals surface area contributed by atoms with E-state index in [0.717, 1.165) is 57.5 Å². The molecular formula is C55H61GeIrN3O-2. The van der Waals surface area contributed by atoms with E-state index in [0.29, 0.717) is 23.7 Å². The van der Waals surface area contributed by atoms with Gasteiger partial charge >= 0.3 is 126 Å². The summed E-state index contributed by atoms with van der Waals surface area (Å²) in [5.41, 5.74) is 15.1. The van der Waals surface area contributed by atoms with Crippen LogP contribution in [0.4, 0.5) is 0 Å². The topological polar surface area (TPSA) is 43.9 Å². The van der Waals surface area contributed by atoms with Crippen molar-refractivity contribution in [3.63, 3.8) is 0 Å². The summed E-state index contributed by atoms with van der Waals surface area (Å²) in [7, 11) is 0. The second-order valence-electron chi connectivity index (χ2n) is 18.8. The molecule has 3 aromatic heterocycles. The molecule has 8 aromatic rings. The number of imidazole rings is 1. The number of pyridine rings is 1. The SMILES string of the molecule is CC(C)Cc1cc(-c2[c-]cccc2)nc[c]1[Ge]([CH3])([CH3])[CH3].CC(C)Cc1ccc2o[c-]c(-c3nc4ccccc4n3-c3c(C(C)C)cc(-c4ccccc4)cc3C(C)C)c2c1.[Ir]. The van der Waals surface area contributed by atoms with E-state index in [1.807, 2.05) is 18.2 Å². The Labute approximate surface area is 381 Å². The summed E-state index contributed by atoms with van der Waals surface area (Å²) in [6.45, 7) is 18.2. The van der Waals surface area contributed by atoms with Crippen LogP contribution in [0.3, 0.4) is 0 Å². The van der Waals surface area contributed by atoms with Gasteiger partial charge in [-0.1, -0.05) is 119 Å². The van der Waals surface area contributed by atoms with Gasteiger partial charge in [0.05, 0.1) is 16.9 Å². The Hall–Kier alpha value is -4.55. The molecule has 0 N–H and O–H groups in total. The van der Waals surface area contributed by atoms with Gasteiger partial charge in [-0.2, -0.15) is 0 Å². The first-order chi connectivity index (χ1) is 28.7. The fourth-order valence-corrected chi connectivity index (χ4v) is 11.6. The van der Waals surface area contributed by atoms with Crippen LogP contribution in [-0.4, -0.2) is 27.8 Å². The van der Waals surface area contributed by atoms with Crippen LogP contribution >= 0.6 is 0 Å². The molecule has 3 heterocycles. The number of aromatic nitrogens is 3. The molecule has 0 aliphatic rings. The number of nitrogens with zero attached hydrogens (tertiary/aromatic N) is 3. The van der Waals surface area contributed by atoms with Crippen molar-refractivity contribution in [2.75, 3.05) is 0 Å². The van der Waals surface area contributed by atoms with Crippen LogP contribution in [0, 0.1) is 24.2 Å². The van der Waals surface area contributed by atoms with Crippen LogP contribution in [0.1, 0.15) is 89.5 Å². The number of benzene rings is 5. The van der Waals surface area contributed by atoms with E-state index < -0.39 is 13.3 Å². The zero-order valence-electron chi connectivity index (χ0n) is 37.9. The molecule has 317 valence electrons. The minimum absolute atomic E-state index is 0. The van der Waals surface area contributed by atoms with Gasteiger partial charge in [-0.05, 0) is 70.7 Å². The first kappa shape index (κ1) is 46.0. The second kappa shape index (κ2) is 19.7. The fraction of sp³-hybridized carbons (Fsp3) is 0.309. The van der Waals surface area contributed by atoms with Gasteiger partial charge in [-0.15, -0.1) is 0 Å². The molecule has 0 atom stereocenters. The monoisotopic (exact) mass is 1050 g/mol. The number of fused-ring (bicyclic) bond motifs is 2. The van der Waals surface area contributed by atoms with E-state index in [1.165, 1.54) is 39.1 Å². The maximum absolute atomic E-state index is 6.00. The first-order valence-corrected chi connectivity index (χ1v) is 29.1. The van der Waals surface area contributed by atoms with E-state index in [9.17, 15) is 0 Å². The summed E-state index contributed by atoms with van der Waals surface area (Å²) >= 11 is -1.86. The smallest absolute Gasteiger partial charge is 0.0774 e. The number of hydrogen-bond donors (Lipinski definition) is 0. The molecule has 6 heteroatoms. The second-order valence-corrected chi connectivity index (χ2v) is 29.4. The van der Waals surface area contributed by atoms with E-state index >= 15 is 0 Å². The minimum atomic E-state index is -1.86. The van der Waals surface area contributed by atoms with E-state index in [2.05, 4.69) is 193 Å². The number of rotatable bonds is 11. The van der Waals surface area contributed by atoms with Gasteiger partial charge in [0.2, 0.25) is 0 Å². The minimum Gasteiger partial charge on any atom is -0.557 e. The van der Waals surface area contributed by atoms with E-state index in [4.69, 9.17) is 14.4 Å². The first-order valence-electron chi connectivity index (χ1n) is 21.8. The third-order valence-corrected chi connectivity index (χ3v) is 15.5. The molecule has 0 aliphatic carbocycles. The summed E-state index contributed by atoms with van der Waals surface area (Å²) in [6, 6.07) is 44.0. The molecule has 0 fully saturated rings. The summed E-state index contributed by atoms with van der Waals surface area (Å²) in [5.74, 6) is 10.1. The van der Waals surface area contributed by atoms with E-state index in [1.54, 1.807) is 4.40 Å². The Balaban J connectivity index is 0.000000250. The molecule has 0 bridgehead atoms. The normalized spacial score (nSPS) is 11.8. The third kappa shape index (κ3) is 10.4. The average molecular weight is 1040 g/mol. The Bertz CT molecular complexity index is 2670. The molecule has 0 aliphatic heterocycles. The molecule has 1 radical (unpaired) electrons. The van der Waals surface area contributed by atoms with Crippen molar-refractivity contribution in [1.82, 2.24) is 14.5 Å². The molecule has 5 aromatic carbocycles. The van der Waals surface area contributed by atoms with Crippen molar-refractivity contribution in [3.8, 4) is 39.5 Å². The number of hydrogen-bond acceptors (Lipinski definition) is 3. The Kier molecular flexibility index (Phi) is 14.8. The summed E-state index contributed by atoms with van der Waals surface area (Å²) in [4.78, 5) is 9.92. The van der Waals surface area contributed by atoms with Gasteiger partial charge in [0, 0.05) is 37.6 Å². The summed E-state index contributed by atoms with van der Waals surface area (Å²) < 4.78 is 9.91. The maximum atomic E-state index is 6.00. The van der Waals surface area contributed by atoms with Crippen LogP contribution in [0.25, 0.3) is 61.5 Å². The van der Waals surface area contributed by atoms with Crippen LogP contribution in [0.15, 0.2) is 126 Å². The summed E-state index contributed by atoms with van der Waals surface area (Å²) in [5, 5.41) is 1.06. The molecule has 0 unspecified atom stereocenters. The fourth-order valence-electron chi connectivity index (χ4n) is 8.30. The number of furan rings is 1. The molecule has 0 amide bonds. The van der Waals surface area contributed by atoms with Crippen molar-refractivity contribution in [1.29, 1.82) is 0 Å². The van der Waals surface area contributed by atoms with Crippen molar-refractivity contribution in [2.45, 2.75) is 97.3 Å². The molecule has 0 saturated carbocycles. The van der Waals surface area contributed by atoms with Crippen LogP contribution in [0.5, 0.6) is 0 Å². The predicted octanol–water partition coefficient (Wildman–Crippen LogP) is 14.6. The van der Waals surface area contributed by atoms with E-state index in [-0.39, 0.29) is 20.1 Å². The molecule has 0 spiro atoms. The third-order valence-electron chi connectivity index (χ3n) is 11.2. The van der Waals surface area contributed by atoms with Gasteiger partial charge in [0.25, 0.3) is 0 Å². The van der Waals surface area contributed by atoms with Crippen molar-refractivity contribution in [3.05, 3.63) is 156 Å². The summed E-state index contributed by atoms with van der Waals surface area (Å²) in [6.07, 6.45) is 7.55. The molecular weight excluding hydrogens is 983 g/mol. The Morgan fingerprint density at radius 2 is 1.34 bits per heavy atom. The Morgan fingerprint density at radius 3 is 1.97 bits per heavy atom. The van der Waals surface area contributed by atoms with Gasteiger partial charge in [0.15, 0.2) is 0 Å². The van der Waals surface area contributed by atoms with Gasteiger partial charge in [-0.3, -0.25) is 4.98 Å².